The standard InChI is InChI=1S/C19H25N5O/c1-23-18-9-5-8-17(16(18)12-20-23)22-19(25)21-14-10-11-24(13-14)15-6-3-2-4-7-15/h2-4,6-7,12,14,17H,5,8-11,13H2,1H3,(H2,21,22,25)/t14-,17+/m0/s1. The van der Waals surface area contributed by atoms with E-state index in [9.17, 15) is 4.79 Å². The largest absolute Gasteiger partial charge is 0.369 e. The molecule has 4 rings (SSSR count). The van der Waals surface area contributed by atoms with E-state index in [4.69, 9.17) is 0 Å². The van der Waals surface area contributed by atoms with Crippen molar-refractivity contribution in [2.24, 2.45) is 7.05 Å². The summed E-state index contributed by atoms with van der Waals surface area (Å²) < 4.78 is 1.93. The van der Waals surface area contributed by atoms with E-state index >= 15 is 0 Å². The first-order chi connectivity index (χ1) is 12.2. The first-order valence-corrected chi connectivity index (χ1v) is 9.08. The maximum atomic E-state index is 12.5. The van der Waals surface area contributed by atoms with Crippen molar-refractivity contribution >= 4 is 11.7 Å². The smallest absolute Gasteiger partial charge is 0.315 e. The van der Waals surface area contributed by atoms with Gasteiger partial charge in [0.1, 0.15) is 0 Å². The van der Waals surface area contributed by atoms with Gasteiger partial charge in [-0.15, -0.1) is 0 Å². The third-order valence-corrected chi connectivity index (χ3v) is 5.33. The summed E-state index contributed by atoms with van der Waals surface area (Å²) in [7, 11) is 1.97. The van der Waals surface area contributed by atoms with Crippen molar-refractivity contribution in [3.63, 3.8) is 0 Å². The van der Waals surface area contributed by atoms with Crippen LogP contribution in [0.5, 0.6) is 0 Å². The summed E-state index contributed by atoms with van der Waals surface area (Å²) in [5, 5.41) is 10.6. The number of rotatable bonds is 3. The van der Waals surface area contributed by atoms with Crippen molar-refractivity contribution in [2.75, 3.05) is 18.0 Å². The van der Waals surface area contributed by atoms with Crippen LogP contribution >= 0.6 is 0 Å². The molecule has 1 fully saturated rings. The predicted molar refractivity (Wildman–Crippen MR) is 97.6 cm³/mol. The fraction of sp³-hybridized carbons (Fsp3) is 0.474. The highest BCUT2D eigenvalue weighted by Crippen LogP contribution is 2.29. The number of aryl methyl sites for hydroxylation is 1. The van der Waals surface area contributed by atoms with Gasteiger partial charge in [0, 0.05) is 43.1 Å². The van der Waals surface area contributed by atoms with Crippen LogP contribution < -0.4 is 15.5 Å². The number of fused-ring (bicyclic) bond motifs is 1. The van der Waals surface area contributed by atoms with E-state index in [2.05, 4.69) is 44.9 Å². The van der Waals surface area contributed by atoms with Gasteiger partial charge < -0.3 is 15.5 Å². The number of anilines is 1. The molecule has 2 heterocycles. The molecule has 6 nitrogen and oxygen atoms in total. The lowest BCUT2D eigenvalue weighted by atomic mass is 9.93. The van der Waals surface area contributed by atoms with Gasteiger partial charge in [-0.05, 0) is 37.8 Å². The Bertz CT molecular complexity index is 742. The molecule has 0 unspecified atom stereocenters. The Morgan fingerprint density at radius 2 is 2.04 bits per heavy atom. The number of para-hydroxylation sites is 1. The molecule has 1 saturated heterocycles. The fourth-order valence-corrected chi connectivity index (χ4v) is 3.99. The van der Waals surface area contributed by atoms with E-state index in [-0.39, 0.29) is 18.1 Å². The summed E-state index contributed by atoms with van der Waals surface area (Å²) in [6.07, 6.45) is 5.98. The number of hydrogen-bond donors (Lipinski definition) is 2. The average molecular weight is 339 g/mol. The quantitative estimate of drug-likeness (QED) is 0.902. The van der Waals surface area contributed by atoms with E-state index in [1.165, 1.54) is 16.9 Å². The lowest BCUT2D eigenvalue weighted by Gasteiger charge is -2.25. The van der Waals surface area contributed by atoms with Crippen molar-refractivity contribution in [3.05, 3.63) is 47.8 Å². The topological polar surface area (TPSA) is 62.2 Å². The summed E-state index contributed by atoms with van der Waals surface area (Å²) in [6, 6.07) is 10.6. The van der Waals surface area contributed by atoms with Gasteiger partial charge in [0.05, 0.1) is 12.2 Å². The van der Waals surface area contributed by atoms with Gasteiger partial charge in [-0.1, -0.05) is 18.2 Å². The Morgan fingerprint density at radius 3 is 2.88 bits per heavy atom. The van der Waals surface area contributed by atoms with Gasteiger partial charge in [0.25, 0.3) is 0 Å². The van der Waals surface area contributed by atoms with Crippen molar-refractivity contribution in [2.45, 2.75) is 37.8 Å². The third kappa shape index (κ3) is 3.34. The zero-order valence-electron chi connectivity index (χ0n) is 14.6. The van der Waals surface area contributed by atoms with E-state index in [1.807, 2.05) is 24.0 Å². The lowest BCUT2D eigenvalue weighted by molar-refractivity contribution is 0.232. The van der Waals surface area contributed by atoms with E-state index < -0.39 is 0 Å². The molecule has 2 atom stereocenters. The van der Waals surface area contributed by atoms with Crippen molar-refractivity contribution < 1.29 is 4.79 Å². The molecule has 1 aliphatic heterocycles. The molecule has 25 heavy (non-hydrogen) atoms. The highest BCUT2D eigenvalue weighted by Gasteiger charge is 2.27. The number of carbonyl (C=O) groups is 1. The van der Waals surface area contributed by atoms with Crippen LogP contribution in [0.3, 0.4) is 0 Å². The summed E-state index contributed by atoms with van der Waals surface area (Å²) in [5.74, 6) is 0. The van der Waals surface area contributed by atoms with Crippen molar-refractivity contribution in [3.8, 4) is 0 Å². The van der Waals surface area contributed by atoms with Gasteiger partial charge in [0.15, 0.2) is 0 Å². The van der Waals surface area contributed by atoms with Crippen LogP contribution in [0.1, 0.15) is 36.6 Å². The highest BCUT2D eigenvalue weighted by atomic mass is 16.2. The fourth-order valence-electron chi connectivity index (χ4n) is 3.99. The number of aromatic nitrogens is 2. The predicted octanol–water partition coefficient (Wildman–Crippen LogP) is 2.38. The number of nitrogens with one attached hydrogen (secondary N) is 2. The summed E-state index contributed by atoms with van der Waals surface area (Å²) in [5.41, 5.74) is 3.63. The van der Waals surface area contributed by atoms with Gasteiger partial charge >= 0.3 is 6.03 Å². The Balaban J connectivity index is 1.33. The zero-order chi connectivity index (χ0) is 17.2. The maximum absolute atomic E-state index is 12.5. The Hall–Kier alpha value is -2.50. The van der Waals surface area contributed by atoms with Crippen LogP contribution in [0.2, 0.25) is 0 Å². The summed E-state index contributed by atoms with van der Waals surface area (Å²) >= 11 is 0. The second kappa shape index (κ2) is 6.78. The van der Waals surface area contributed by atoms with Crippen LogP contribution in [0.15, 0.2) is 36.5 Å². The molecule has 132 valence electrons. The maximum Gasteiger partial charge on any atom is 0.315 e. The molecule has 2 aromatic rings. The van der Waals surface area contributed by atoms with Crippen LogP contribution in [0.25, 0.3) is 0 Å². The molecule has 0 bridgehead atoms. The molecular weight excluding hydrogens is 314 g/mol. The lowest BCUT2D eigenvalue weighted by Crippen LogP contribution is -2.45. The van der Waals surface area contributed by atoms with Gasteiger partial charge in [-0.25, -0.2) is 4.79 Å². The van der Waals surface area contributed by atoms with Crippen LogP contribution in [0, 0.1) is 0 Å². The van der Waals surface area contributed by atoms with Gasteiger partial charge in [-0.2, -0.15) is 5.10 Å². The van der Waals surface area contributed by atoms with Crippen LogP contribution in [0.4, 0.5) is 10.5 Å². The number of benzene rings is 1. The Kier molecular flexibility index (Phi) is 4.34. The van der Waals surface area contributed by atoms with Gasteiger partial charge in [-0.3, -0.25) is 4.68 Å². The van der Waals surface area contributed by atoms with Gasteiger partial charge in [0.2, 0.25) is 0 Å². The van der Waals surface area contributed by atoms with Crippen LogP contribution in [-0.4, -0.2) is 34.9 Å². The normalized spacial score (nSPS) is 22.5. The SMILES string of the molecule is Cn1ncc2c1CCC[C@H]2NC(=O)N[C@H]1CCN(c2ccccc2)C1. The first kappa shape index (κ1) is 16.0. The number of amides is 2. The second-order valence-corrected chi connectivity index (χ2v) is 7.00. The number of hydrogen-bond acceptors (Lipinski definition) is 3. The Labute approximate surface area is 148 Å². The summed E-state index contributed by atoms with van der Waals surface area (Å²) in [4.78, 5) is 14.8. The number of nitrogens with zero attached hydrogens (tertiary/aromatic N) is 3. The van der Waals surface area contributed by atoms with Crippen molar-refractivity contribution in [1.29, 1.82) is 0 Å². The second-order valence-electron chi connectivity index (χ2n) is 7.00. The minimum Gasteiger partial charge on any atom is -0.369 e. The molecule has 2 aliphatic rings. The average Bonchev–Trinajstić information content (AvgIpc) is 3.24. The molecule has 0 radical (unpaired) electrons. The van der Waals surface area contributed by atoms with Crippen LogP contribution in [-0.2, 0) is 13.5 Å². The molecule has 0 spiro atoms. The third-order valence-electron chi connectivity index (χ3n) is 5.33. The van der Waals surface area contributed by atoms with Crippen molar-refractivity contribution in [1.82, 2.24) is 20.4 Å². The number of carbonyl (C=O) groups excluding carboxylic acids is 1. The minimum atomic E-state index is -0.0679. The monoisotopic (exact) mass is 339 g/mol. The molecule has 2 N–H and O–H groups in total. The first-order valence-electron chi connectivity index (χ1n) is 9.08. The van der Waals surface area contributed by atoms with E-state index in [0.29, 0.717) is 0 Å². The minimum absolute atomic E-state index is 0.0679. The molecule has 2 amide bonds. The molecule has 6 heteroatoms. The van der Waals surface area contributed by atoms with E-state index in [0.717, 1.165) is 38.8 Å². The van der Waals surface area contributed by atoms with E-state index in [1.54, 1.807) is 0 Å². The number of urea groups is 1. The summed E-state index contributed by atoms with van der Waals surface area (Å²) in [6.45, 7) is 1.84. The molecule has 0 saturated carbocycles. The molecule has 1 aromatic carbocycles. The Morgan fingerprint density at radius 1 is 1.20 bits per heavy atom. The highest BCUT2D eigenvalue weighted by molar-refractivity contribution is 5.75. The molecule has 1 aromatic heterocycles. The molecule has 1 aliphatic carbocycles. The zero-order valence-corrected chi connectivity index (χ0v) is 14.6. The molecular formula is C19H25N5O.